The second kappa shape index (κ2) is 6.09. The van der Waals surface area contributed by atoms with E-state index in [0.717, 1.165) is 5.56 Å². The number of aliphatic hydroxyl groups excluding tert-OH is 1. The molecule has 0 saturated carbocycles. The molecule has 3 N–H and O–H groups in total. The fourth-order valence-corrected chi connectivity index (χ4v) is 1.39. The zero-order valence-electron chi connectivity index (χ0n) is 7.74. The zero-order chi connectivity index (χ0) is 9.84. The summed E-state index contributed by atoms with van der Waals surface area (Å²) in [7, 11) is 1.52. The van der Waals surface area contributed by atoms with Crippen molar-refractivity contribution in [3.05, 3.63) is 28.8 Å². The summed E-state index contributed by atoms with van der Waals surface area (Å²) in [6.45, 7) is -0.128. The summed E-state index contributed by atoms with van der Waals surface area (Å²) in [5.74, 6) is 0.533. The number of aliphatic hydroxyl groups is 1. The molecule has 0 heterocycles. The number of nitrogens with two attached hydrogens (primary N) is 1. The van der Waals surface area contributed by atoms with Crippen molar-refractivity contribution in [3.8, 4) is 5.75 Å². The highest BCUT2D eigenvalue weighted by molar-refractivity contribution is 6.32. The normalized spacial score (nSPS) is 11.7. The summed E-state index contributed by atoms with van der Waals surface area (Å²) < 4.78 is 5.08. The first-order chi connectivity index (χ1) is 6.20. The van der Waals surface area contributed by atoms with Crippen molar-refractivity contribution in [1.82, 2.24) is 0 Å². The van der Waals surface area contributed by atoms with Crippen LogP contribution in [0, 0.1) is 0 Å². The fraction of sp³-hybridized carbons (Fsp3) is 0.333. The monoisotopic (exact) mass is 237 g/mol. The smallest absolute Gasteiger partial charge is 0.142 e. The van der Waals surface area contributed by atoms with E-state index >= 15 is 0 Å². The molecule has 3 nitrogen and oxygen atoms in total. The Morgan fingerprint density at radius 3 is 2.71 bits per heavy atom. The summed E-state index contributed by atoms with van der Waals surface area (Å²) in [6.07, 6.45) is 0. The summed E-state index contributed by atoms with van der Waals surface area (Å²) >= 11 is 5.87. The van der Waals surface area contributed by atoms with E-state index in [4.69, 9.17) is 27.2 Å². The molecule has 0 amide bonds. The van der Waals surface area contributed by atoms with Crippen LogP contribution >= 0.6 is 24.0 Å². The number of hydrogen-bond donors (Lipinski definition) is 2. The number of methoxy groups -OCH3 is 1. The topological polar surface area (TPSA) is 55.5 Å². The van der Waals surface area contributed by atoms with Crippen LogP contribution in [0.15, 0.2) is 18.2 Å². The lowest BCUT2D eigenvalue weighted by Gasteiger charge is -2.14. The van der Waals surface area contributed by atoms with Gasteiger partial charge in [0.15, 0.2) is 0 Å². The summed E-state index contributed by atoms with van der Waals surface area (Å²) in [5, 5.41) is 9.38. The van der Waals surface area contributed by atoms with E-state index in [1.54, 1.807) is 18.2 Å². The Hall–Kier alpha value is -0.480. The van der Waals surface area contributed by atoms with Gasteiger partial charge in [-0.05, 0) is 6.07 Å². The molecule has 0 aliphatic rings. The Bertz CT molecular complexity index is 294. The highest BCUT2D eigenvalue weighted by Gasteiger charge is 2.12. The minimum Gasteiger partial charge on any atom is -0.495 e. The van der Waals surface area contributed by atoms with Crippen molar-refractivity contribution in [3.63, 3.8) is 0 Å². The Morgan fingerprint density at radius 1 is 1.57 bits per heavy atom. The quantitative estimate of drug-likeness (QED) is 0.843. The highest BCUT2D eigenvalue weighted by atomic mass is 35.5. The summed E-state index contributed by atoms with van der Waals surface area (Å²) in [6, 6.07) is 4.82. The van der Waals surface area contributed by atoms with Gasteiger partial charge in [0.2, 0.25) is 0 Å². The third-order valence-electron chi connectivity index (χ3n) is 1.80. The molecule has 0 aliphatic heterocycles. The van der Waals surface area contributed by atoms with E-state index in [0.29, 0.717) is 10.8 Å². The van der Waals surface area contributed by atoms with Crippen LogP contribution < -0.4 is 10.5 Å². The minimum atomic E-state index is -0.450. The Morgan fingerprint density at radius 2 is 2.21 bits per heavy atom. The van der Waals surface area contributed by atoms with Gasteiger partial charge in [0.1, 0.15) is 5.75 Å². The van der Waals surface area contributed by atoms with Crippen LogP contribution in [0.2, 0.25) is 5.02 Å². The Kier molecular flexibility index (Phi) is 5.88. The van der Waals surface area contributed by atoms with Crippen molar-refractivity contribution in [2.45, 2.75) is 6.04 Å². The molecule has 1 aromatic carbocycles. The summed E-state index contributed by atoms with van der Waals surface area (Å²) in [5.41, 5.74) is 6.37. The Balaban J connectivity index is 0.00000169. The van der Waals surface area contributed by atoms with Gasteiger partial charge < -0.3 is 15.6 Å². The number of rotatable bonds is 3. The molecule has 0 aliphatic carbocycles. The molecule has 1 aromatic rings. The molecular formula is C9H13Cl2NO2. The van der Waals surface area contributed by atoms with E-state index in [-0.39, 0.29) is 19.0 Å². The maximum atomic E-state index is 8.88. The van der Waals surface area contributed by atoms with Crippen LogP contribution in [0.4, 0.5) is 0 Å². The van der Waals surface area contributed by atoms with E-state index < -0.39 is 6.04 Å². The molecule has 0 aromatic heterocycles. The van der Waals surface area contributed by atoms with Crippen molar-refractivity contribution in [2.75, 3.05) is 13.7 Å². The van der Waals surface area contributed by atoms with E-state index in [1.807, 2.05) is 0 Å². The zero-order valence-corrected chi connectivity index (χ0v) is 9.31. The molecule has 0 fully saturated rings. The molecule has 0 saturated heterocycles. The lowest BCUT2D eigenvalue weighted by atomic mass is 10.1. The maximum absolute atomic E-state index is 8.88. The van der Waals surface area contributed by atoms with E-state index in [2.05, 4.69) is 0 Å². The average molecular weight is 238 g/mol. The van der Waals surface area contributed by atoms with Crippen LogP contribution in [-0.4, -0.2) is 18.8 Å². The van der Waals surface area contributed by atoms with Crippen LogP contribution in [0.5, 0.6) is 5.75 Å². The second-order valence-electron chi connectivity index (χ2n) is 2.65. The number of benzene rings is 1. The van der Waals surface area contributed by atoms with Gasteiger partial charge in [-0.1, -0.05) is 23.7 Å². The molecule has 5 heteroatoms. The molecule has 0 unspecified atom stereocenters. The maximum Gasteiger partial charge on any atom is 0.142 e. The fourth-order valence-electron chi connectivity index (χ4n) is 1.13. The van der Waals surface area contributed by atoms with E-state index in [1.165, 1.54) is 7.11 Å². The minimum absolute atomic E-state index is 0. The molecule has 0 bridgehead atoms. The number of hydrogen-bond acceptors (Lipinski definition) is 3. The van der Waals surface area contributed by atoms with Gasteiger partial charge in [0.05, 0.1) is 24.8 Å². The molecule has 1 atom stereocenters. The predicted octanol–water partition coefficient (Wildman–Crippen LogP) is 1.76. The second-order valence-corrected chi connectivity index (χ2v) is 3.06. The first-order valence-electron chi connectivity index (χ1n) is 3.89. The van der Waals surface area contributed by atoms with Gasteiger partial charge in [-0.15, -0.1) is 12.4 Å². The van der Waals surface area contributed by atoms with Crippen molar-refractivity contribution in [2.24, 2.45) is 5.73 Å². The average Bonchev–Trinajstić information content (AvgIpc) is 2.16. The molecule has 14 heavy (non-hydrogen) atoms. The van der Waals surface area contributed by atoms with Gasteiger partial charge in [-0.2, -0.15) is 0 Å². The summed E-state index contributed by atoms with van der Waals surface area (Å²) in [4.78, 5) is 0. The largest absolute Gasteiger partial charge is 0.495 e. The van der Waals surface area contributed by atoms with E-state index in [9.17, 15) is 0 Å². The predicted molar refractivity (Wildman–Crippen MR) is 59.3 cm³/mol. The molecular weight excluding hydrogens is 225 g/mol. The van der Waals surface area contributed by atoms with Crippen LogP contribution in [0.3, 0.4) is 0 Å². The van der Waals surface area contributed by atoms with Crippen molar-refractivity contribution >= 4 is 24.0 Å². The molecule has 0 radical (unpaired) electrons. The lowest BCUT2D eigenvalue weighted by molar-refractivity contribution is 0.264. The van der Waals surface area contributed by atoms with Gasteiger partial charge in [-0.25, -0.2) is 0 Å². The molecule has 80 valence electrons. The standard InChI is InChI=1S/C9H12ClNO2.ClH/c1-13-9-6(8(11)5-12)3-2-4-7(9)10;/h2-4,8,12H,5,11H2,1H3;1H/t8-;/m0./s1. The van der Waals surface area contributed by atoms with Gasteiger partial charge in [-0.3, -0.25) is 0 Å². The Labute approximate surface area is 94.2 Å². The van der Waals surface area contributed by atoms with Gasteiger partial charge in [0.25, 0.3) is 0 Å². The molecule has 1 rings (SSSR count). The lowest BCUT2D eigenvalue weighted by Crippen LogP contribution is -2.15. The van der Waals surface area contributed by atoms with Gasteiger partial charge in [0, 0.05) is 5.56 Å². The number of para-hydroxylation sites is 1. The van der Waals surface area contributed by atoms with Crippen LogP contribution in [0.1, 0.15) is 11.6 Å². The third kappa shape index (κ3) is 2.75. The first-order valence-corrected chi connectivity index (χ1v) is 4.27. The highest BCUT2D eigenvalue weighted by Crippen LogP contribution is 2.31. The van der Waals surface area contributed by atoms with Crippen molar-refractivity contribution < 1.29 is 9.84 Å². The first kappa shape index (κ1) is 13.5. The number of halogens is 2. The third-order valence-corrected chi connectivity index (χ3v) is 2.10. The van der Waals surface area contributed by atoms with Crippen LogP contribution in [-0.2, 0) is 0 Å². The molecule has 0 spiro atoms. The number of ether oxygens (including phenoxy) is 1. The van der Waals surface area contributed by atoms with Crippen molar-refractivity contribution in [1.29, 1.82) is 0 Å². The van der Waals surface area contributed by atoms with Crippen LogP contribution in [0.25, 0.3) is 0 Å². The van der Waals surface area contributed by atoms with Gasteiger partial charge >= 0.3 is 0 Å². The SMILES string of the molecule is COc1c(Cl)cccc1[C@@H](N)CO.Cl.